The molecule has 1 saturated heterocycles. The summed E-state index contributed by atoms with van der Waals surface area (Å²) in [6, 6.07) is 15.1. The summed E-state index contributed by atoms with van der Waals surface area (Å²) >= 11 is 0. The number of hydrogen-bond donors (Lipinski definition) is 0. The Morgan fingerprint density at radius 1 is 0.964 bits per heavy atom. The molecule has 1 atom stereocenters. The van der Waals surface area contributed by atoms with Crippen LogP contribution in [0.3, 0.4) is 0 Å². The molecule has 28 heavy (non-hydrogen) atoms. The van der Waals surface area contributed by atoms with Crippen molar-refractivity contribution in [2.45, 2.75) is 44.0 Å². The molecule has 0 radical (unpaired) electrons. The maximum absolute atomic E-state index is 13.4. The van der Waals surface area contributed by atoms with E-state index in [9.17, 15) is 8.42 Å². The van der Waals surface area contributed by atoms with Gasteiger partial charge in [-0.05, 0) is 68.6 Å². The van der Waals surface area contributed by atoms with Gasteiger partial charge in [0.25, 0.3) is 10.0 Å². The lowest BCUT2D eigenvalue weighted by Crippen LogP contribution is -2.36. The number of aryl methyl sites for hydroxylation is 1. The second-order valence-corrected chi connectivity index (χ2v) is 9.75. The highest BCUT2D eigenvalue weighted by Crippen LogP contribution is 2.38. The van der Waals surface area contributed by atoms with Crippen molar-refractivity contribution in [3.63, 3.8) is 0 Å². The van der Waals surface area contributed by atoms with Crippen LogP contribution in [-0.2, 0) is 10.0 Å². The maximum Gasteiger partial charge on any atom is 0.264 e. The van der Waals surface area contributed by atoms with Crippen molar-refractivity contribution in [2.75, 3.05) is 19.6 Å². The Bertz CT molecular complexity index is 974. The van der Waals surface area contributed by atoms with Gasteiger partial charge < -0.3 is 0 Å². The van der Waals surface area contributed by atoms with E-state index in [-0.39, 0.29) is 6.04 Å². The lowest BCUT2D eigenvalue weighted by Gasteiger charge is -2.36. The quantitative estimate of drug-likeness (QED) is 0.759. The SMILES string of the molecule is Cc1ccc(S(=O)(=O)N2C=C(CN3CCCCC3)c3ccccc3C2C)cc1. The van der Waals surface area contributed by atoms with Gasteiger partial charge in [-0.1, -0.05) is 48.4 Å². The lowest BCUT2D eigenvalue weighted by molar-refractivity contribution is 0.254. The fourth-order valence-electron chi connectivity index (χ4n) is 4.22. The zero-order chi connectivity index (χ0) is 19.7. The topological polar surface area (TPSA) is 40.6 Å². The second-order valence-electron chi connectivity index (χ2n) is 7.90. The molecule has 2 heterocycles. The first-order valence-corrected chi connectivity index (χ1v) is 11.5. The van der Waals surface area contributed by atoms with Crippen molar-refractivity contribution >= 4 is 15.6 Å². The molecule has 0 spiro atoms. The van der Waals surface area contributed by atoms with Crippen molar-refractivity contribution in [3.05, 3.63) is 71.4 Å². The van der Waals surface area contributed by atoms with E-state index < -0.39 is 10.0 Å². The molecule has 5 heteroatoms. The third kappa shape index (κ3) is 3.61. The van der Waals surface area contributed by atoms with Crippen LogP contribution < -0.4 is 0 Å². The van der Waals surface area contributed by atoms with E-state index in [1.54, 1.807) is 16.4 Å². The van der Waals surface area contributed by atoms with Gasteiger partial charge in [0.2, 0.25) is 0 Å². The van der Waals surface area contributed by atoms with E-state index in [4.69, 9.17) is 0 Å². The van der Waals surface area contributed by atoms with Crippen molar-refractivity contribution in [1.29, 1.82) is 0 Å². The minimum atomic E-state index is -3.61. The largest absolute Gasteiger partial charge is 0.299 e. The van der Waals surface area contributed by atoms with Gasteiger partial charge in [-0.3, -0.25) is 9.21 Å². The Hall–Kier alpha value is -2.11. The first kappa shape index (κ1) is 19.2. The summed E-state index contributed by atoms with van der Waals surface area (Å²) in [7, 11) is -3.61. The van der Waals surface area contributed by atoms with Gasteiger partial charge in [0, 0.05) is 12.7 Å². The van der Waals surface area contributed by atoms with Crippen molar-refractivity contribution in [3.8, 4) is 0 Å². The van der Waals surface area contributed by atoms with Crippen LogP contribution in [0, 0.1) is 6.92 Å². The summed E-state index contributed by atoms with van der Waals surface area (Å²) in [5.41, 5.74) is 4.40. The van der Waals surface area contributed by atoms with Gasteiger partial charge in [0.15, 0.2) is 0 Å². The molecule has 0 amide bonds. The smallest absolute Gasteiger partial charge is 0.264 e. The van der Waals surface area contributed by atoms with Crippen LogP contribution in [0.4, 0.5) is 0 Å². The number of hydrogen-bond acceptors (Lipinski definition) is 3. The molecule has 0 bridgehead atoms. The molecule has 4 nitrogen and oxygen atoms in total. The number of rotatable bonds is 4. The molecule has 0 N–H and O–H groups in total. The third-order valence-corrected chi connectivity index (χ3v) is 7.71. The Labute approximate surface area is 168 Å². The molecule has 148 valence electrons. The minimum absolute atomic E-state index is 0.229. The Morgan fingerprint density at radius 2 is 1.64 bits per heavy atom. The fourth-order valence-corrected chi connectivity index (χ4v) is 5.74. The summed E-state index contributed by atoms with van der Waals surface area (Å²) in [6.07, 6.45) is 5.60. The standard InChI is InChI=1S/C23H28N2O2S/c1-18-10-12-21(13-11-18)28(26,27)25-17-20(16-24-14-6-3-7-15-24)23-9-5-4-8-22(23)19(25)2/h4-5,8-13,17,19H,3,6-7,14-16H2,1-2H3. The summed E-state index contributed by atoms with van der Waals surface area (Å²) in [4.78, 5) is 2.79. The van der Waals surface area contributed by atoms with Gasteiger partial charge in [0.05, 0.1) is 10.9 Å². The average molecular weight is 397 g/mol. The van der Waals surface area contributed by atoms with Crippen LogP contribution in [0.2, 0.25) is 0 Å². The van der Waals surface area contributed by atoms with Gasteiger partial charge in [-0.15, -0.1) is 0 Å². The zero-order valence-corrected chi connectivity index (χ0v) is 17.5. The predicted molar refractivity (Wildman–Crippen MR) is 113 cm³/mol. The Kier molecular flexibility index (Phi) is 5.30. The maximum atomic E-state index is 13.4. The van der Waals surface area contributed by atoms with E-state index in [1.807, 2.05) is 44.3 Å². The number of piperidine rings is 1. The van der Waals surface area contributed by atoms with Crippen LogP contribution in [-0.4, -0.2) is 37.3 Å². The normalized spacial score (nSPS) is 20.6. The molecule has 0 saturated carbocycles. The highest BCUT2D eigenvalue weighted by Gasteiger charge is 2.33. The predicted octanol–water partition coefficient (Wildman–Crippen LogP) is 4.59. The Balaban J connectivity index is 1.74. The zero-order valence-electron chi connectivity index (χ0n) is 16.6. The van der Waals surface area contributed by atoms with E-state index in [1.165, 1.54) is 24.8 Å². The molecule has 0 aromatic heterocycles. The Morgan fingerprint density at radius 3 is 2.36 bits per heavy atom. The summed E-state index contributed by atoms with van der Waals surface area (Å²) in [5, 5.41) is 0. The van der Waals surface area contributed by atoms with Crippen molar-refractivity contribution < 1.29 is 8.42 Å². The molecule has 2 aliphatic rings. The van der Waals surface area contributed by atoms with Crippen LogP contribution in [0.5, 0.6) is 0 Å². The fraction of sp³-hybridized carbons (Fsp3) is 0.391. The van der Waals surface area contributed by atoms with E-state index >= 15 is 0 Å². The molecule has 1 fully saturated rings. The number of sulfonamides is 1. The van der Waals surface area contributed by atoms with Gasteiger partial charge in [-0.2, -0.15) is 0 Å². The molecule has 0 aliphatic carbocycles. The molecule has 2 aliphatic heterocycles. The number of benzene rings is 2. The molecule has 1 unspecified atom stereocenters. The molecular formula is C23H28N2O2S. The average Bonchev–Trinajstić information content (AvgIpc) is 2.71. The lowest BCUT2D eigenvalue weighted by atomic mass is 9.92. The van der Waals surface area contributed by atoms with Crippen LogP contribution in [0.1, 0.15) is 48.9 Å². The monoisotopic (exact) mass is 396 g/mol. The molecule has 2 aromatic rings. The summed E-state index contributed by atoms with van der Waals surface area (Å²) < 4.78 is 28.4. The number of fused-ring (bicyclic) bond motifs is 1. The van der Waals surface area contributed by atoms with E-state index in [0.717, 1.165) is 36.3 Å². The first-order valence-electron chi connectivity index (χ1n) is 10.1. The van der Waals surface area contributed by atoms with E-state index in [2.05, 4.69) is 17.0 Å². The molecular weight excluding hydrogens is 368 g/mol. The molecule has 4 rings (SSSR count). The van der Waals surface area contributed by atoms with Crippen LogP contribution >= 0.6 is 0 Å². The van der Waals surface area contributed by atoms with E-state index in [0.29, 0.717) is 4.90 Å². The molecule has 2 aromatic carbocycles. The van der Waals surface area contributed by atoms with Crippen molar-refractivity contribution in [2.24, 2.45) is 0 Å². The van der Waals surface area contributed by atoms with Crippen LogP contribution in [0.25, 0.3) is 5.57 Å². The summed E-state index contributed by atoms with van der Waals surface area (Å²) in [5.74, 6) is 0. The van der Waals surface area contributed by atoms with Gasteiger partial charge >= 0.3 is 0 Å². The highest BCUT2D eigenvalue weighted by molar-refractivity contribution is 7.89. The third-order valence-electron chi connectivity index (χ3n) is 5.86. The van der Waals surface area contributed by atoms with Crippen molar-refractivity contribution in [1.82, 2.24) is 9.21 Å². The number of likely N-dealkylation sites (tertiary alicyclic amines) is 1. The minimum Gasteiger partial charge on any atom is -0.299 e. The highest BCUT2D eigenvalue weighted by atomic mass is 32.2. The summed E-state index contributed by atoms with van der Waals surface area (Å²) in [6.45, 7) is 6.90. The first-order chi connectivity index (χ1) is 13.5. The second kappa shape index (κ2) is 7.72. The number of nitrogens with zero attached hydrogens (tertiary/aromatic N) is 2. The van der Waals surface area contributed by atoms with Gasteiger partial charge in [-0.25, -0.2) is 8.42 Å². The van der Waals surface area contributed by atoms with Gasteiger partial charge in [0.1, 0.15) is 0 Å². The van der Waals surface area contributed by atoms with Crippen LogP contribution in [0.15, 0.2) is 59.6 Å².